The van der Waals surface area contributed by atoms with Crippen LogP contribution >= 0.6 is 0 Å². The molecule has 0 aromatic carbocycles. The van der Waals surface area contributed by atoms with Crippen molar-refractivity contribution < 1.29 is 13.2 Å². The van der Waals surface area contributed by atoms with Gasteiger partial charge in [-0.2, -0.15) is 18.4 Å². The van der Waals surface area contributed by atoms with E-state index in [2.05, 4.69) is 5.32 Å². The van der Waals surface area contributed by atoms with E-state index in [0.29, 0.717) is 24.7 Å². The first-order valence-electron chi connectivity index (χ1n) is 5.49. The Morgan fingerprint density at radius 1 is 1.31 bits per heavy atom. The summed E-state index contributed by atoms with van der Waals surface area (Å²) in [7, 11) is 0. The molecule has 1 saturated carbocycles. The third kappa shape index (κ3) is 3.67. The fraction of sp³-hybridized carbons (Fsp3) is 0.909. The van der Waals surface area contributed by atoms with E-state index in [4.69, 9.17) is 5.26 Å². The zero-order valence-corrected chi connectivity index (χ0v) is 9.56. The maximum atomic E-state index is 12.1. The predicted molar refractivity (Wildman–Crippen MR) is 54.6 cm³/mol. The van der Waals surface area contributed by atoms with Gasteiger partial charge in [0, 0.05) is 0 Å². The van der Waals surface area contributed by atoms with E-state index >= 15 is 0 Å². The lowest BCUT2D eigenvalue weighted by Gasteiger charge is -2.38. The number of halogens is 3. The van der Waals surface area contributed by atoms with E-state index in [1.54, 1.807) is 0 Å². The molecule has 2 unspecified atom stereocenters. The second-order valence-electron chi connectivity index (χ2n) is 5.02. The second-order valence-corrected chi connectivity index (χ2v) is 5.02. The second kappa shape index (κ2) is 4.62. The molecule has 0 spiro atoms. The van der Waals surface area contributed by atoms with Gasteiger partial charge in [0.1, 0.15) is 5.54 Å². The molecular formula is C11H17F3N2. The lowest BCUT2D eigenvalue weighted by atomic mass is 9.72. The van der Waals surface area contributed by atoms with Crippen molar-refractivity contribution >= 4 is 0 Å². The Hall–Kier alpha value is -0.760. The van der Waals surface area contributed by atoms with Crippen molar-refractivity contribution in [1.29, 1.82) is 5.26 Å². The lowest BCUT2D eigenvalue weighted by Crippen LogP contribution is -2.52. The molecule has 2 atom stereocenters. The molecule has 0 heterocycles. The van der Waals surface area contributed by atoms with Crippen molar-refractivity contribution in [3.8, 4) is 6.07 Å². The minimum Gasteiger partial charge on any atom is -0.291 e. The molecule has 16 heavy (non-hydrogen) atoms. The van der Waals surface area contributed by atoms with Crippen molar-refractivity contribution in [3.63, 3.8) is 0 Å². The van der Waals surface area contributed by atoms with Gasteiger partial charge in [-0.1, -0.05) is 13.8 Å². The van der Waals surface area contributed by atoms with Gasteiger partial charge in [0.25, 0.3) is 0 Å². The van der Waals surface area contributed by atoms with Crippen LogP contribution in [0.15, 0.2) is 0 Å². The molecule has 0 amide bonds. The monoisotopic (exact) mass is 234 g/mol. The van der Waals surface area contributed by atoms with Crippen LogP contribution in [0.1, 0.15) is 33.1 Å². The highest BCUT2D eigenvalue weighted by molar-refractivity contribution is 5.10. The Morgan fingerprint density at radius 2 is 1.81 bits per heavy atom. The highest BCUT2D eigenvalue weighted by atomic mass is 19.4. The zero-order valence-electron chi connectivity index (χ0n) is 9.56. The van der Waals surface area contributed by atoms with Gasteiger partial charge in [0.15, 0.2) is 0 Å². The molecule has 5 heteroatoms. The summed E-state index contributed by atoms with van der Waals surface area (Å²) < 4.78 is 36.4. The number of alkyl halides is 3. The van der Waals surface area contributed by atoms with Crippen molar-refractivity contribution in [2.45, 2.75) is 44.8 Å². The van der Waals surface area contributed by atoms with Gasteiger partial charge in [-0.15, -0.1) is 0 Å². The Kier molecular flexibility index (Phi) is 3.84. The number of nitrogens with zero attached hydrogens (tertiary/aromatic N) is 1. The summed E-state index contributed by atoms with van der Waals surface area (Å²) in [6.45, 7) is 2.88. The van der Waals surface area contributed by atoms with Crippen LogP contribution in [0, 0.1) is 23.2 Å². The van der Waals surface area contributed by atoms with Crippen LogP contribution in [0.25, 0.3) is 0 Å². The van der Waals surface area contributed by atoms with E-state index in [1.807, 2.05) is 19.9 Å². The maximum Gasteiger partial charge on any atom is 0.401 e. The van der Waals surface area contributed by atoms with Crippen LogP contribution in [0.5, 0.6) is 0 Å². The first kappa shape index (κ1) is 13.3. The SMILES string of the molecule is CC1CC(C)CC(C#N)(NCC(F)(F)F)C1. The normalized spacial score (nSPS) is 35.8. The van der Waals surface area contributed by atoms with Crippen LogP contribution in [-0.2, 0) is 0 Å². The Morgan fingerprint density at radius 3 is 2.19 bits per heavy atom. The molecule has 1 N–H and O–H groups in total. The van der Waals surface area contributed by atoms with Crippen molar-refractivity contribution in [2.24, 2.45) is 11.8 Å². The van der Waals surface area contributed by atoms with Gasteiger partial charge in [0.05, 0.1) is 12.6 Å². The molecule has 0 radical (unpaired) electrons. The van der Waals surface area contributed by atoms with E-state index in [-0.39, 0.29) is 0 Å². The summed E-state index contributed by atoms with van der Waals surface area (Å²) in [6.07, 6.45) is -2.27. The number of rotatable bonds is 2. The van der Waals surface area contributed by atoms with Crippen LogP contribution in [-0.4, -0.2) is 18.3 Å². The largest absolute Gasteiger partial charge is 0.401 e. The first-order chi connectivity index (χ1) is 7.26. The third-order valence-electron chi connectivity index (χ3n) is 3.04. The minimum atomic E-state index is -4.26. The Labute approximate surface area is 93.8 Å². The number of nitrogens with one attached hydrogen (secondary N) is 1. The van der Waals surface area contributed by atoms with E-state index < -0.39 is 18.3 Å². The summed E-state index contributed by atoms with van der Waals surface area (Å²) in [6, 6.07) is 2.04. The summed E-state index contributed by atoms with van der Waals surface area (Å²) in [5.74, 6) is 0.591. The molecule has 0 saturated heterocycles. The summed E-state index contributed by atoms with van der Waals surface area (Å²) in [5, 5.41) is 11.5. The highest BCUT2D eigenvalue weighted by Gasteiger charge is 2.40. The molecule has 0 aromatic heterocycles. The Bertz CT molecular complexity index is 270. The number of nitriles is 1. The van der Waals surface area contributed by atoms with Gasteiger partial charge in [0.2, 0.25) is 0 Å². The molecule has 1 aliphatic carbocycles. The van der Waals surface area contributed by atoms with Gasteiger partial charge < -0.3 is 0 Å². The average Bonchev–Trinajstić information content (AvgIpc) is 2.12. The van der Waals surface area contributed by atoms with Gasteiger partial charge >= 0.3 is 6.18 Å². The van der Waals surface area contributed by atoms with Crippen molar-refractivity contribution in [1.82, 2.24) is 5.32 Å². The number of hydrogen-bond donors (Lipinski definition) is 1. The van der Waals surface area contributed by atoms with Crippen LogP contribution < -0.4 is 5.32 Å². The molecule has 1 fully saturated rings. The maximum absolute atomic E-state index is 12.1. The first-order valence-corrected chi connectivity index (χ1v) is 5.49. The summed E-state index contributed by atoms with van der Waals surface area (Å²) >= 11 is 0. The average molecular weight is 234 g/mol. The summed E-state index contributed by atoms with van der Waals surface area (Å²) in [5.41, 5.74) is -0.993. The quantitative estimate of drug-likeness (QED) is 0.797. The van der Waals surface area contributed by atoms with E-state index in [9.17, 15) is 13.2 Å². The predicted octanol–water partition coefficient (Wildman–Crippen LogP) is 2.86. The van der Waals surface area contributed by atoms with E-state index in [1.165, 1.54) is 0 Å². The van der Waals surface area contributed by atoms with Crippen LogP contribution in [0.2, 0.25) is 0 Å². The lowest BCUT2D eigenvalue weighted by molar-refractivity contribution is -0.128. The number of hydrogen-bond acceptors (Lipinski definition) is 2. The standard InChI is InChI=1S/C11H17F3N2/c1-8-3-9(2)5-10(4-8,6-15)16-7-11(12,13)14/h8-9,16H,3-5,7H2,1-2H3. The van der Waals surface area contributed by atoms with Crippen molar-refractivity contribution in [2.75, 3.05) is 6.54 Å². The smallest absolute Gasteiger partial charge is 0.291 e. The zero-order chi connectivity index (χ0) is 12.4. The van der Waals surface area contributed by atoms with Crippen LogP contribution in [0.4, 0.5) is 13.2 Å². The molecule has 92 valence electrons. The fourth-order valence-corrected chi connectivity index (χ4v) is 2.67. The molecule has 0 aliphatic heterocycles. The molecule has 1 rings (SSSR count). The molecule has 0 aromatic rings. The van der Waals surface area contributed by atoms with Gasteiger partial charge in [-0.05, 0) is 31.1 Å². The van der Waals surface area contributed by atoms with Crippen LogP contribution in [0.3, 0.4) is 0 Å². The van der Waals surface area contributed by atoms with Gasteiger partial charge in [-0.25, -0.2) is 0 Å². The summed E-state index contributed by atoms with van der Waals surface area (Å²) in [4.78, 5) is 0. The molecular weight excluding hydrogens is 217 g/mol. The minimum absolute atomic E-state index is 0.295. The van der Waals surface area contributed by atoms with Gasteiger partial charge in [-0.3, -0.25) is 5.32 Å². The highest BCUT2D eigenvalue weighted by Crippen LogP contribution is 2.36. The topological polar surface area (TPSA) is 35.8 Å². The third-order valence-corrected chi connectivity index (χ3v) is 3.04. The van der Waals surface area contributed by atoms with Crippen molar-refractivity contribution in [3.05, 3.63) is 0 Å². The fourth-order valence-electron chi connectivity index (χ4n) is 2.67. The van der Waals surface area contributed by atoms with E-state index in [0.717, 1.165) is 6.42 Å². The molecule has 0 bridgehead atoms. The molecule has 1 aliphatic rings. The molecule has 2 nitrogen and oxygen atoms in total. The Balaban J connectivity index is 2.67.